The molecule has 2 N–H and O–H groups in total. The zero-order valence-electron chi connectivity index (χ0n) is 15.1. The van der Waals surface area contributed by atoms with Gasteiger partial charge in [-0.1, -0.05) is 23.5 Å². The van der Waals surface area contributed by atoms with E-state index in [1.54, 1.807) is 24.3 Å². The quantitative estimate of drug-likeness (QED) is 0.374. The van der Waals surface area contributed by atoms with Crippen LogP contribution in [0.15, 0.2) is 48.5 Å². The lowest BCUT2D eigenvalue weighted by molar-refractivity contribution is -0.380. The number of benzene rings is 2. The molecule has 0 unspecified atom stereocenters. The summed E-state index contributed by atoms with van der Waals surface area (Å²) in [7, 11) is 0. The Kier molecular flexibility index (Phi) is 4.40. The van der Waals surface area contributed by atoms with Crippen molar-refractivity contribution in [2.24, 2.45) is 0 Å². The maximum atomic E-state index is 12.7. The van der Waals surface area contributed by atoms with Gasteiger partial charge in [-0.3, -0.25) is 14.9 Å². The Balaban J connectivity index is 1.63. The van der Waals surface area contributed by atoms with Gasteiger partial charge in [0.25, 0.3) is 5.91 Å². The summed E-state index contributed by atoms with van der Waals surface area (Å²) in [5.41, 5.74) is 4.72. The highest BCUT2D eigenvalue weighted by Gasteiger charge is 2.15. The molecule has 0 aliphatic carbocycles. The number of hydrogen-bond acceptors (Lipinski definition) is 5. The SMILES string of the molecule is Cc1ccc(C)c(NC(=O)c2ccc3nc(-c4ccc([N+](=O)[O-])s4)[nH]c3c2)c1. The monoisotopic (exact) mass is 392 g/mol. The fourth-order valence-corrected chi connectivity index (χ4v) is 3.65. The highest BCUT2D eigenvalue weighted by atomic mass is 32.1. The van der Waals surface area contributed by atoms with Gasteiger partial charge >= 0.3 is 5.00 Å². The van der Waals surface area contributed by atoms with E-state index in [9.17, 15) is 14.9 Å². The Labute approximate surface area is 164 Å². The maximum absolute atomic E-state index is 12.7. The molecule has 2 heterocycles. The Bertz CT molecular complexity index is 1230. The summed E-state index contributed by atoms with van der Waals surface area (Å²) < 4.78 is 0. The van der Waals surface area contributed by atoms with Gasteiger partial charge in [-0.25, -0.2) is 4.98 Å². The normalized spacial score (nSPS) is 10.9. The maximum Gasteiger partial charge on any atom is 0.324 e. The van der Waals surface area contributed by atoms with Crippen molar-refractivity contribution < 1.29 is 9.72 Å². The van der Waals surface area contributed by atoms with Gasteiger partial charge in [-0.05, 0) is 55.3 Å². The fourth-order valence-electron chi connectivity index (χ4n) is 2.89. The number of hydrogen-bond donors (Lipinski definition) is 2. The van der Waals surface area contributed by atoms with Crippen LogP contribution in [0.2, 0.25) is 0 Å². The first-order chi connectivity index (χ1) is 13.4. The molecule has 0 fully saturated rings. The minimum absolute atomic E-state index is 0.0593. The number of carbonyl (C=O) groups excluding carboxylic acids is 1. The molecule has 140 valence electrons. The van der Waals surface area contributed by atoms with E-state index in [4.69, 9.17) is 0 Å². The van der Waals surface area contributed by atoms with Crippen LogP contribution in [0.25, 0.3) is 21.7 Å². The number of anilines is 1. The molecule has 4 aromatic rings. The zero-order valence-corrected chi connectivity index (χ0v) is 16.0. The molecule has 0 saturated carbocycles. The highest BCUT2D eigenvalue weighted by molar-refractivity contribution is 7.18. The number of thiophene rings is 1. The van der Waals surface area contributed by atoms with Crippen LogP contribution in [0.5, 0.6) is 0 Å². The van der Waals surface area contributed by atoms with Crippen LogP contribution >= 0.6 is 11.3 Å². The predicted molar refractivity (Wildman–Crippen MR) is 110 cm³/mol. The summed E-state index contributed by atoms with van der Waals surface area (Å²) in [6, 6.07) is 14.2. The molecule has 0 atom stereocenters. The number of amides is 1. The second-order valence-corrected chi connectivity index (χ2v) is 7.55. The number of imidazole rings is 1. The van der Waals surface area contributed by atoms with Crippen LogP contribution in [0.3, 0.4) is 0 Å². The summed E-state index contributed by atoms with van der Waals surface area (Å²) in [6.07, 6.45) is 0. The summed E-state index contributed by atoms with van der Waals surface area (Å²) in [4.78, 5) is 31.4. The van der Waals surface area contributed by atoms with Crippen molar-refractivity contribution in [3.63, 3.8) is 0 Å². The summed E-state index contributed by atoms with van der Waals surface area (Å²) in [5, 5.41) is 13.9. The smallest absolute Gasteiger partial charge is 0.324 e. The number of fused-ring (bicyclic) bond motifs is 1. The lowest BCUT2D eigenvalue weighted by Gasteiger charge is -2.09. The first kappa shape index (κ1) is 17.9. The van der Waals surface area contributed by atoms with Gasteiger partial charge in [0.1, 0.15) is 5.82 Å². The van der Waals surface area contributed by atoms with Crippen LogP contribution in [0.1, 0.15) is 21.5 Å². The van der Waals surface area contributed by atoms with Gasteiger partial charge in [0, 0.05) is 17.3 Å². The van der Waals surface area contributed by atoms with Gasteiger partial charge in [0.15, 0.2) is 0 Å². The van der Waals surface area contributed by atoms with E-state index in [0.717, 1.165) is 28.2 Å². The molecule has 28 heavy (non-hydrogen) atoms. The minimum atomic E-state index is -0.424. The molecule has 0 radical (unpaired) electrons. The standard InChI is InChI=1S/C20H16N4O3S/c1-11-3-4-12(2)15(9-11)23-20(25)13-5-6-14-16(10-13)22-19(21-14)17-7-8-18(28-17)24(26)27/h3-10H,1-2H3,(H,21,22)(H,23,25). The van der Waals surface area contributed by atoms with Crippen LogP contribution < -0.4 is 5.32 Å². The predicted octanol–water partition coefficient (Wildman–Crippen LogP) is 5.07. The van der Waals surface area contributed by atoms with Crippen molar-refractivity contribution in [2.45, 2.75) is 13.8 Å². The van der Waals surface area contributed by atoms with Crippen LogP contribution in [0.4, 0.5) is 10.7 Å². The number of aromatic nitrogens is 2. The summed E-state index contributed by atoms with van der Waals surface area (Å²) in [5.74, 6) is 0.332. The molecule has 1 amide bonds. The lowest BCUT2D eigenvalue weighted by atomic mass is 10.1. The van der Waals surface area contributed by atoms with Crippen LogP contribution in [-0.2, 0) is 0 Å². The van der Waals surface area contributed by atoms with Crippen LogP contribution in [0, 0.1) is 24.0 Å². The second kappa shape index (κ2) is 6.90. The third kappa shape index (κ3) is 3.37. The average molecular weight is 392 g/mol. The average Bonchev–Trinajstić information content (AvgIpc) is 3.30. The fraction of sp³-hybridized carbons (Fsp3) is 0.100. The number of carbonyl (C=O) groups is 1. The summed E-state index contributed by atoms with van der Waals surface area (Å²) >= 11 is 1.05. The first-order valence-corrected chi connectivity index (χ1v) is 9.35. The molecule has 0 aliphatic rings. The number of rotatable bonds is 4. The molecular formula is C20H16N4O3S. The summed E-state index contributed by atoms with van der Waals surface area (Å²) in [6.45, 7) is 3.92. The highest BCUT2D eigenvalue weighted by Crippen LogP contribution is 2.32. The van der Waals surface area contributed by atoms with E-state index < -0.39 is 4.92 Å². The number of nitrogens with one attached hydrogen (secondary N) is 2. The number of H-pyrrole nitrogens is 1. The minimum Gasteiger partial charge on any atom is -0.337 e. The number of nitrogens with zero attached hydrogens (tertiary/aromatic N) is 2. The molecule has 0 aliphatic heterocycles. The second-order valence-electron chi connectivity index (χ2n) is 6.48. The molecule has 2 aromatic carbocycles. The Morgan fingerprint density at radius 1 is 1.14 bits per heavy atom. The molecule has 0 spiro atoms. The molecule has 0 bridgehead atoms. The molecule has 8 heteroatoms. The van der Waals surface area contributed by atoms with Crippen molar-refractivity contribution in [1.29, 1.82) is 0 Å². The van der Waals surface area contributed by atoms with Gasteiger partial charge in [-0.2, -0.15) is 0 Å². The van der Waals surface area contributed by atoms with Gasteiger partial charge in [0.05, 0.1) is 20.8 Å². The number of aryl methyl sites for hydroxylation is 2. The number of nitro groups is 1. The van der Waals surface area contributed by atoms with E-state index in [2.05, 4.69) is 15.3 Å². The van der Waals surface area contributed by atoms with Gasteiger partial charge < -0.3 is 10.3 Å². The van der Waals surface area contributed by atoms with E-state index in [0.29, 0.717) is 27.3 Å². The van der Waals surface area contributed by atoms with Gasteiger partial charge in [-0.15, -0.1) is 0 Å². The van der Waals surface area contributed by atoms with E-state index in [1.807, 2.05) is 32.0 Å². The number of aromatic amines is 1. The van der Waals surface area contributed by atoms with E-state index in [-0.39, 0.29) is 10.9 Å². The van der Waals surface area contributed by atoms with Crippen molar-refractivity contribution in [3.8, 4) is 10.7 Å². The van der Waals surface area contributed by atoms with E-state index >= 15 is 0 Å². The molecule has 7 nitrogen and oxygen atoms in total. The molecule has 2 aromatic heterocycles. The third-order valence-electron chi connectivity index (χ3n) is 4.39. The van der Waals surface area contributed by atoms with Crippen molar-refractivity contribution in [2.75, 3.05) is 5.32 Å². The zero-order chi connectivity index (χ0) is 19.8. The topological polar surface area (TPSA) is 101 Å². The molecule has 0 saturated heterocycles. The largest absolute Gasteiger partial charge is 0.337 e. The third-order valence-corrected chi connectivity index (χ3v) is 5.43. The van der Waals surface area contributed by atoms with Gasteiger partial charge in [0.2, 0.25) is 0 Å². The van der Waals surface area contributed by atoms with E-state index in [1.165, 1.54) is 6.07 Å². The van der Waals surface area contributed by atoms with Crippen LogP contribution in [-0.4, -0.2) is 20.8 Å². The Morgan fingerprint density at radius 3 is 2.71 bits per heavy atom. The molecule has 4 rings (SSSR count). The Morgan fingerprint density at radius 2 is 1.96 bits per heavy atom. The van der Waals surface area contributed by atoms with Crippen molar-refractivity contribution in [3.05, 3.63) is 75.3 Å². The van der Waals surface area contributed by atoms with Crippen molar-refractivity contribution >= 4 is 39.0 Å². The Hall–Kier alpha value is -3.52. The molecular weight excluding hydrogens is 376 g/mol. The van der Waals surface area contributed by atoms with Crippen molar-refractivity contribution in [1.82, 2.24) is 9.97 Å². The lowest BCUT2D eigenvalue weighted by Crippen LogP contribution is -2.12. The first-order valence-electron chi connectivity index (χ1n) is 8.54.